The number of amides is 1. The fourth-order valence-corrected chi connectivity index (χ4v) is 5.34. The topological polar surface area (TPSA) is 62.1 Å². The van der Waals surface area contributed by atoms with Gasteiger partial charge in [0.25, 0.3) is 5.91 Å². The first-order valence-electron chi connectivity index (χ1n) is 9.80. The highest BCUT2D eigenvalue weighted by molar-refractivity contribution is 7.91. The third-order valence-corrected chi connectivity index (χ3v) is 7.52. The zero-order valence-electron chi connectivity index (χ0n) is 16.6. The van der Waals surface area contributed by atoms with Crippen molar-refractivity contribution in [1.29, 1.82) is 0 Å². The van der Waals surface area contributed by atoms with Crippen molar-refractivity contribution < 1.29 is 17.6 Å². The molecule has 0 saturated carbocycles. The van der Waals surface area contributed by atoms with E-state index in [-0.39, 0.29) is 29.4 Å². The first kappa shape index (κ1) is 20.4. The second-order valence-electron chi connectivity index (χ2n) is 7.99. The summed E-state index contributed by atoms with van der Waals surface area (Å²) in [6.07, 6.45) is 0.548. The van der Waals surface area contributed by atoms with Gasteiger partial charge >= 0.3 is 0 Å². The fourth-order valence-electron chi connectivity index (χ4n) is 3.90. The molecule has 2 aromatic rings. The molecule has 0 bridgehead atoms. The van der Waals surface area contributed by atoms with Gasteiger partial charge in [-0.25, -0.2) is 17.7 Å². The number of carbonyl (C=O) groups is 1. The lowest BCUT2D eigenvalue weighted by Crippen LogP contribution is -2.43. The lowest BCUT2D eigenvalue weighted by molar-refractivity contribution is 0.0504. The molecule has 0 radical (unpaired) electrons. The van der Waals surface area contributed by atoms with Gasteiger partial charge in [0.15, 0.2) is 15.5 Å². The molecule has 2 aliphatic heterocycles. The molecule has 30 heavy (non-hydrogen) atoms. The van der Waals surface area contributed by atoms with Crippen molar-refractivity contribution >= 4 is 32.8 Å². The predicted octanol–water partition coefficient (Wildman–Crippen LogP) is 4.13. The number of carbonyl (C=O) groups excluding carboxylic acids is 1. The Morgan fingerprint density at radius 3 is 2.40 bits per heavy atom. The van der Waals surface area contributed by atoms with Gasteiger partial charge in [0.2, 0.25) is 0 Å². The Balaban J connectivity index is 1.67. The quantitative estimate of drug-likeness (QED) is 0.677. The molecule has 0 unspecified atom stereocenters. The lowest BCUT2D eigenvalue weighted by Gasteiger charge is -2.35. The number of likely N-dealkylation sites (tertiary alicyclic amines) is 1. The van der Waals surface area contributed by atoms with E-state index in [1.807, 2.05) is 4.90 Å². The van der Waals surface area contributed by atoms with Gasteiger partial charge in [-0.1, -0.05) is 12.1 Å². The van der Waals surface area contributed by atoms with Gasteiger partial charge in [0, 0.05) is 30.9 Å². The summed E-state index contributed by atoms with van der Waals surface area (Å²) in [5.74, 6) is -0.339. The Labute approximate surface area is 175 Å². The Morgan fingerprint density at radius 2 is 1.77 bits per heavy atom. The molecule has 1 amide bonds. The van der Waals surface area contributed by atoms with Gasteiger partial charge < -0.3 is 9.80 Å². The van der Waals surface area contributed by atoms with Crippen LogP contribution in [0.5, 0.6) is 0 Å². The summed E-state index contributed by atoms with van der Waals surface area (Å²) >= 11 is 0. The molecule has 4 rings (SSSR count). The van der Waals surface area contributed by atoms with Crippen LogP contribution in [0.2, 0.25) is 0 Å². The standard InChI is InChI=1S/C22H22FN3O3S/c1-22(23)9-11-25(12-10-22)21(27)16-3-8-19-20(15-16)30(28,29)14-13-26(19)18-6-4-17(24-2)5-7-18/h3-8,15H,9-14H2,1H3. The van der Waals surface area contributed by atoms with E-state index < -0.39 is 15.5 Å². The Bertz CT molecular complexity index is 1130. The largest absolute Gasteiger partial charge is 0.339 e. The SMILES string of the molecule is [C-]#[N+]c1ccc(N2CCS(=O)(=O)c3cc(C(=O)N4CCC(C)(F)CC4)ccc32)cc1. The van der Waals surface area contributed by atoms with Crippen LogP contribution >= 0.6 is 0 Å². The van der Waals surface area contributed by atoms with Crippen molar-refractivity contribution in [3.05, 3.63) is 59.4 Å². The number of rotatable bonds is 2. The minimum Gasteiger partial charge on any atom is -0.339 e. The average Bonchev–Trinajstić information content (AvgIpc) is 2.73. The molecular weight excluding hydrogens is 405 g/mol. The van der Waals surface area contributed by atoms with E-state index in [4.69, 9.17) is 6.57 Å². The molecular formula is C22H22FN3O3S. The smallest absolute Gasteiger partial charge is 0.253 e. The summed E-state index contributed by atoms with van der Waals surface area (Å²) in [6, 6.07) is 11.7. The van der Waals surface area contributed by atoms with E-state index in [1.54, 1.807) is 48.2 Å². The van der Waals surface area contributed by atoms with Gasteiger partial charge in [-0.3, -0.25) is 4.79 Å². The lowest BCUT2D eigenvalue weighted by atomic mass is 9.95. The van der Waals surface area contributed by atoms with Crippen molar-refractivity contribution in [2.24, 2.45) is 0 Å². The molecule has 0 spiro atoms. The van der Waals surface area contributed by atoms with Gasteiger partial charge in [-0.15, -0.1) is 0 Å². The number of hydrogen-bond acceptors (Lipinski definition) is 4. The minimum absolute atomic E-state index is 0.0634. The van der Waals surface area contributed by atoms with Crippen molar-refractivity contribution in [2.75, 3.05) is 30.3 Å². The second kappa shape index (κ2) is 7.40. The van der Waals surface area contributed by atoms with E-state index in [1.165, 1.54) is 6.07 Å². The van der Waals surface area contributed by atoms with Crippen LogP contribution in [0.15, 0.2) is 47.4 Å². The van der Waals surface area contributed by atoms with E-state index in [9.17, 15) is 17.6 Å². The number of sulfone groups is 1. The molecule has 6 nitrogen and oxygen atoms in total. The zero-order chi connectivity index (χ0) is 21.5. The second-order valence-corrected chi connectivity index (χ2v) is 10.1. The summed E-state index contributed by atoms with van der Waals surface area (Å²) in [5.41, 5.74) is 0.846. The van der Waals surface area contributed by atoms with Gasteiger partial charge in [-0.2, -0.15) is 0 Å². The number of alkyl halides is 1. The van der Waals surface area contributed by atoms with E-state index in [0.29, 0.717) is 36.6 Å². The van der Waals surface area contributed by atoms with E-state index in [2.05, 4.69) is 4.85 Å². The molecule has 0 N–H and O–H groups in total. The number of anilines is 2. The van der Waals surface area contributed by atoms with Crippen LogP contribution in [0.4, 0.5) is 21.5 Å². The van der Waals surface area contributed by atoms with Crippen LogP contribution in [-0.4, -0.2) is 50.3 Å². The third kappa shape index (κ3) is 3.77. The maximum absolute atomic E-state index is 14.0. The Kier molecular flexibility index (Phi) is 5.02. The first-order valence-corrected chi connectivity index (χ1v) is 11.5. The number of halogens is 1. The summed E-state index contributed by atoms with van der Waals surface area (Å²) in [4.78, 5) is 19.9. The normalized spacial score (nSPS) is 19.6. The van der Waals surface area contributed by atoms with Crippen molar-refractivity contribution in [3.8, 4) is 0 Å². The van der Waals surface area contributed by atoms with Gasteiger partial charge in [0.1, 0.15) is 5.67 Å². The van der Waals surface area contributed by atoms with Crippen molar-refractivity contribution in [3.63, 3.8) is 0 Å². The maximum Gasteiger partial charge on any atom is 0.253 e. The number of nitrogens with zero attached hydrogens (tertiary/aromatic N) is 3. The fraction of sp³-hybridized carbons (Fsp3) is 0.364. The van der Waals surface area contributed by atoms with E-state index >= 15 is 0 Å². The average molecular weight is 428 g/mol. The molecule has 1 saturated heterocycles. The van der Waals surface area contributed by atoms with Crippen molar-refractivity contribution in [2.45, 2.75) is 30.3 Å². The maximum atomic E-state index is 14.0. The minimum atomic E-state index is -3.52. The molecule has 2 heterocycles. The van der Waals surface area contributed by atoms with Crippen LogP contribution in [0.1, 0.15) is 30.1 Å². The molecule has 1 fully saturated rings. The zero-order valence-corrected chi connectivity index (χ0v) is 17.5. The molecule has 2 aliphatic rings. The number of hydrogen-bond donors (Lipinski definition) is 0. The summed E-state index contributed by atoms with van der Waals surface area (Å²) in [5, 5.41) is 0. The number of fused-ring (bicyclic) bond motifs is 1. The first-order chi connectivity index (χ1) is 14.2. The highest BCUT2D eigenvalue weighted by atomic mass is 32.2. The van der Waals surface area contributed by atoms with Crippen LogP contribution in [0, 0.1) is 6.57 Å². The van der Waals surface area contributed by atoms with Crippen molar-refractivity contribution in [1.82, 2.24) is 4.90 Å². The monoisotopic (exact) mass is 427 g/mol. The van der Waals surface area contributed by atoms with E-state index in [0.717, 1.165) is 5.69 Å². The highest BCUT2D eigenvalue weighted by Crippen LogP contribution is 2.37. The van der Waals surface area contributed by atoms with Crippen LogP contribution in [0.25, 0.3) is 4.85 Å². The summed E-state index contributed by atoms with van der Waals surface area (Å²) < 4.78 is 39.5. The van der Waals surface area contributed by atoms with Crippen LogP contribution < -0.4 is 4.90 Å². The molecule has 0 atom stereocenters. The van der Waals surface area contributed by atoms with Gasteiger partial charge in [-0.05, 0) is 50.1 Å². The molecule has 0 aromatic heterocycles. The number of benzene rings is 2. The predicted molar refractivity (Wildman–Crippen MR) is 113 cm³/mol. The molecule has 0 aliphatic carbocycles. The summed E-state index contributed by atoms with van der Waals surface area (Å²) in [6.45, 7) is 9.54. The van der Waals surface area contributed by atoms with Gasteiger partial charge in [0.05, 0.1) is 22.9 Å². The Hall–Kier alpha value is -2.92. The molecule has 8 heteroatoms. The summed E-state index contributed by atoms with van der Waals surface area (Å²) in [7, 11) is -3.52. The van der Waals surface area contributed by atoms with Crippen LogP contribution in [-0.2, 0) is 9.84 Å². The molecule has 2 aromatic carbocycles. The number of piperidine rings is 1. The highest BCUT2D eigenvalue weighted by Gasteiger charge is 2.34. The Morgan fingerprint density at radius 1 is 1.10 bits per heavy atom. The van der Waals surface area contributed by atoms with Crippen LogP contribution in [0.3, 0.4) is 0 Å². The third-order valence-electron chi connectivity index (χ3n) is 5.80. The molecule has 156 valence electrons.